The molecular weight excluding hydrogens is 275 g/mol. The number of hydrogen-bond acceptors (Lipinski definition) is 4. The first-order chi connectivity index (χ1) is 9.95. The summed E-state index contributed by atoms with van der Waals surface area (Å²) in [6, 6.07) is 1.48. The van der Waals surface area contributed by atoms with E-state index in [-0.39, 0.29) is 6.42 Å². The summed E-state index contributed by atoms with van der Waals surface area (Å²) in [5.41, 5.74) is -0.584. The van der Waals surface area contributed by atoms with Crippen LogP contribution in [0, 0.1) is 5.92 Å². The van der Waals surface area contributed by atoms with Gasteiger partial charge >= 0.3 is 0 Å². The number of aliphatic hydroxyl groups is 1. The van der Waals surface area contributed by atoms with Gasteiger partial charge in [-0.3, -0.25) is 19.5 Å². The number of fused-ring (bicyclic) bond motifs is 1. The van der Waals surface area contributed by atoms with Crippen molar-refractivity contribution in [3.05, 3.63) is 47.7 Å². The van der Waals surface area contributed by atoms with Gasteiger partial charge in [0, 0.05) is 23.4 Å². The van der Waals surface area contributed by atoms with Crippen molar-refractivity contribution >= 4 is 17.9 Å². The normalized spacial score (nSPS) is 28.0. The van der Waals surface area contributed by atoms with E-state index in [0.29, 0.717) is 23.2 Å². The van der Waals surface area contributed by atoms with E-state index in [1.165, 1.54) is 42.4 Å². The van der Waals surface area contributed by atoms with Crippen LogP contribution in [0.3, 0.4) is 0 Å². The number of hydrogen-bond donors (Lipinski definition) is 1. The Morgan fingerprint density at radius 2 is 2.29 bits per heavy atom. The zero-order valence-electron chi connectivity index (χ0n) is 11.3. The van der Waals surface area contributed by atoms with Gasteiger partial charge in [-0.2, -0.15) is 0 Å². The lowest BCUT2D eigenvalue weighted by Gasteiger charge is -2.23. The molecule has 2 atom stereocenters. The van der Waals surface area contributed by atoms with Crippen LogP contribution in [0.4, 0.5) is 10.1 Å². The van der Waals surface area contributed by atoms with Gasteiger partial charge in [0.2, 0.25) is 0 Å². The second-order valence-electron chi connectivity index (χ2n) is 5.33. The highest BCUT2D eigenvalue weighted by Gasteiger charge is 2.53. The molecule has 1 aliphatic heterocycles. The van der Waals surface area contributed by atoms with Crippen LogP contribution in [-0.4, -0.2) is 27.9 Å². The van der Waals surface area contributed by atoms with Crippen molar-refractivity contribution in [1.82, 2.24) is 4.98 Å². The standard InChI is InChI=1S/C15H13FN2O3/c1-15(21)12-3-2-10(16)5-13(12)18(14(15)20)11-4-9(8-19)6-17-7-11/h2,4-8,12,21H,3H2,1H3. The maximum absolute atomic E-state index is 13.5. The predicted molar refractivity (Wildman–Crippen MR) is 73.1 cm³/mol. The number of anilines is 1. The van der Waals surface area contributed by atoms with Gasteiger partial charge in [0.05, 0.1) is 11.9 Å². The molecule has 0 saturated carbocycles. The summed E-state index contributed by atoms with van der Waals surface area (Å²) in [5, 5.41) is 10.4. The number of nitrogens with zero attached hydrogens (tertiary/aromatic N) is 2. The molecule has 6 heteroatoms. The van der Waals surface area contributed by atoms with Gasteiger partial charge < -0.3 is 5.11 Å². The maximum Gasteiger partial charge on any atom is 0.263 e. The average Bonchev–Trinajstić information content (AvgIpc) is 2.66. The van der Waals surface area contributed by atoms with Crippen molar-refractivity contribution < 1.29 is 19.1 Å². The number of carbonyl (C=O) groups excluding carboxylic acids is 2. The van der Waals surface area contributed by atoms with Crippen LogP contribution in [0.5, 0.6) is 0 Å². The third kappa shape index (κ3) is 1.99. The van der Waals surface area contributed by atoms with Crippen molar-refractivity contribution in [2.75, 3.05) is 4.90 Å². The van der Waals surface area contributed by atoms with Gasteiger partial charge in [-0.15, -0.1) is 0 Å². The first kappa shape index (κ1) is 13.6. The van der Waals surface area contributed by atoms with Crippen LogP contribution in [0.1, 0.15) is 23.7 Å². The second kappa shape index (κ2) is 4.60. The minimum atomic E-state index is -1.61. The SMILES string of the molecule is CC1(O)C(=O)N(c2cncc(C=O)c2)C2=CC(F)=CCC21. The van der Waals surface area contributed by atoms with E-state index in [9.17, 15) is 19.1 Å². The molecule has 1 aliphatic carbocycles. The lowest BCUT2D eigenvalue weighted by molar-refractivity contribution is -0.134. The van der Waals surface area contributed by atoms with E-state index >= 15 is 0 Å². The van der Waals surface area contributed by atoms with Gasteiger partial charge in [-0.1, -0.05) is 0 Å². The molecule has 1 saturated heterocycles. The van der Waals surface area contributed by atoms with Crippen molar-refractivity contribution in [2.24, 2.45) is 5.92 Å². The molecule has 1 aromatic heterocycles. The maximum atomic E-state index is 13.5. The summed E-state index contributed by atoms with van der Waals surface area (Å²) < 4.78 is 13.5. The Balaban J connectivity index is 2.13. The van der Waals surface area contributed by atoms with Crippen molar-refractivity contribution in [3.63, 3.8) is 0 Å². The molecule has 5 nitrogen and oxygen atoms in total. The molecule has 1 N–H and O–H groups in total. The molecule has 1 amide bonds. The third-order valence-corrected chi connectivity index (χ3v) is 3.90. The number of allylic oxidation sites excluding steroid dienone is 3. The Labute approximate surface area is 120 Å². The number of rotatable bonds is 2. The Bertz CT molecular complexity index is 694. The Morgan fingerprint density at radius 3 is 3.00 bits per heavy atom. The Hall–Kier alpha value is -2.34. The third-order valence-electron chi connectivity index (χ3n) is 3.90. The highest BCUT2D eigenvalue weighted by atomic mass is 19.1. The molecule has 2 aliphatic rings. The summed E-state index contributed by atoms with van der Waals surface area (Å²) >= 11 is 0. The van der Waals surface area contributed by atoms with Gasteiger partial charge in [0.15, 0.2) is 6.29 Å². The fraction of sp³-hybridized carbons (Fsp3) is 0.267. The fourth-order valence-corrected chi connectivity index (χ4v) is 2.78. The Morgan fingerprint density at radius 1 is 1.52 bits per heavy atom. The van der Waals surface area contributed by atoms with Gasteiger partial charge in [0.1, 0.15) is 11.4 Å². The topological polar surface area (TPSA) is 70.5 Å². The smallest absolute Gasteiger partial charge is 0.263 e. The van der Waals surface area contributed by atoms with E-state index in [0.717, 1.165) is 0 Å². The van der Waals surface area contributed by atoms with E-state index in [1.807, 2.05) is 0 Å². The summed E-state index contributed by atoms with van der Waals surface area (Å²) in [6.07, 6.45) is 6.21. The van der Waals surface area contributed by atoms with Crippen LogP contribution in [0.25, 0.3) is 0 Å². The highest BCUT2D eigenvalue weighted by Crippen LogP contribution is 2.44. The van der Waals surface area contributed by atoms with E-state index in [1.54, 1.807) is 0 Å². The number of aromatic nitrogens is 1. The molecule has 0 bridgehead atoms. The first-order valence-electron chi connectivity index (χ1n) is 6.49. The summed E-state index contributed by atoms with van der Waals surface area (Å²) in [6.45, 7) is 1.42. The van der Waals surface area contributed by atoms with E-state index in [2.05, 4.69) is 4.98 Å². The molecule has 2 heterocycles. The number of aldehydes is 1. The summed E-state index contributed by atoms with van der Waals surface area (Å²) in [7, 11) is 0. The monoisotopic (exact) mass is 288 g/mol. The molecule has 21 heavy (non-hydrogen) atoms. The van der Waals surface area contributed by atoms with Gasteiger partial charge in [-0.25, -0.2) is 4.39 Å². The van der Waals surface area contributed by atoms with E-state index in [4.69, 9.17) is 0 Å². The molecule has 0 aromatic carbocycles. The lowest BCUT2D eigenvalue weighted by Crippen LogP contribution is -2.40. The zero-order valence-corrected chi connectivity index (χ0v) is 11.3. The summed E-state index contributed by atoms with van der Waals surface area (Å²) in [5.74, 6) is -1.51. The molecular formula is C15H13FN2O3. The number of amides is 1. The molecule has 0 spiro atoms. The molecule has 2 unspecified atom stereocenters. The van der Waals surface area contributed by atoms with Crippen LogP contribution in [0.15, 0.2) is 42.1 Å². The lowest BCUT2D eigenvalue weighted by atomic mass is 9.85. The number of halogens is 1. The highest BCUT2D eigenvalue weighted by molar-refractivity contribution is 6.06. The molecule has 1 fully saturated rings. The van der Waals surface area contributed by atoms with Gasteiger partial charge in [-0.05, 0) is 31.6 Å². The molecule has 0 radical (unpaired) electrons. The van der Waals surface area contributed by atoms with Crippen LogP contribution in [-0.2, 0) is 4.79 Å². The number of carbonyl (C=O) groups is 2. The molecule has 108 valence electrons. The van der Waals surface area contributed by atoms with Crippen molar-refractivity contribution in [1.29, 1.82) is 0 Å². The zero-order chi connectivity index (χ0) is 15.2. The Kier molecular flexibility index (Phi) is 2.98. The van der Waals surface area contributed by atoms with Crippen LogP contribution >= 0.6 is 0 Å². The van der Waals surface area contributed by atoms with Gasteiger partial charge in [0.25, 0.3) is 5.91 Å². The molecule has 3 rings (SSSR count). The van der Waals surface area contributed by atoms with Crippen LogP contribution in [0.2, 0.25) is 0 Å². The van der Waals surface area contributed by atoms with Crippen LogP contribution < -0.4 is 4.90 Å². The molecule has 1 aromatic rings. The minimum absolute atomic E-state index is 0.244. The van der Waals surface area contributed by atoms with Crippen molar-refractivity contribution in [2.45, 2.75) is 18.9 Å². The first-order valence-corrected chi connectivity index (χ1v) is 6.49. The quantitative estimate of drug-likeness (QED) is 0.842. The van der Waals surface area contributed by atoms with E-state index < -0.39 is 23.3 Å². The number of pyridine rings is 1. The minimum Gasteiger partial charge on any atom is -0.380 e. The second-order valence-corrected chi connectivity index (χ2v) is 5.33. The predicted octanol–water partition coefficient (Wildman–Crippen LogP) is 1.75. The summed E-state index contributed by atoms with van der Waals surface area (Å²) in [4.78, 5) is 28.4. The van der Waals surface area contributed by atoms with Crippen molar-refractivity contribution in [3.8, 4) is 0 Å². The average molecular weight is 288 g/mol. The largest absolute Gasteiger partial charge is 0.380 e. The fourth-order valence-electron chi connectivity index (χ4n) is 2.78.